The number of urea groups is 1. The van der Waals surface area contributed by atoms with Crippen LogP contribution in [0.5, 0.6) is 0 Å². The summed E-state index contributed by atoms with van der Waals surface area (Å²) in [5.41, 5.74) is -0.443. The van der Waals surface area contributed by atoms with E-state index in [9.17, 15) is 24.5 Å². The van der Waals surface area contributed by atoms with E-state index >= 15 is 0 Å². The van der Waals surface area contributed by atoms with Crippen molar-refractivity contribution in [3.8, 4) is 0 Å². The molecule has 1 saturated heterocycles. The van der Waals surface area contributed by atoms with Gasteiger partial charge in [0, 0.05) is 6.07 Å². The molecule has 1 aromatic rings. The van der Waals surface area contributed by atoms with Gasteiger partial charge in [-0.1, -0.05) is 25.8 Å². The second kappa shape index (κ2) is 6.98. The average molecular weight is 374 g/mol. The van der Waals surface area contributed by atoms with Gasteiger partial charge in [0.05, 0.1) is 16.2 Å². The number of carbonyl (C=O) groups excluding carboxylic acids is 3. The highest BCUT2D eigenvalue weighted by Crippen LogP contribution is 2.38. The Hall–Kier alpha value is -2.97. The first kappa shape index (κ1) is 18.8. The molecule has 2 fully saturated rings. The molecule has 2 atom stereocenters. The number of nitrogens with zero attached hydrogens (tertiary/aromatic N) is 2. The summed E-state index contributed by atoms with van der Waals surface area (Å²) in [6.45, 7) is 3.04. The third kappa shape index (κ3) is 3.24. The van der Waals surface area contributed by atoms with Crippen LogP contribution in [0, 0.1) is 23.0 Å². The first-order chi connectivity index (χ1) is 12.8. The Kier molecular flexibility index (Phi) is 4.86. The molecule has 1 aromatic carbocycles. The minimum atomic E-state index is -0.920. The van der Waals surface area contributed by atoms with E-state index in [1.165, 1.54) is 25.1 Å². The molecule has 0 bridgehead atoms. The third-order valence-electron chi connectivity index (χ3n) is 5.58. The summed E-state index contributed by atoms with van der Waals surface area (Å²) in [5, 5.41) is 16.4. The Bertz CT molecular complexity index is 824. The van der Waals surface area contributed by atoms with E-state index in [1.807, 2.05) is 6.92 Å². The Morgan fingerprint density at radius 2 is 2.15 bits per heavy atom. The fraction of sp³-hybridized carbons (Fsp3) is 0.500. The number of nitrogens with one attached hydrogen (secondary N) is 2. The zero-order valence-corrected chi connectivity index (χ0v) is 15.3. The molecule has 0 aromatic heterocycles. The van der Waals surface area contributed by atoms with Crippen molar-refractivity contribution in [3.05, 3.63) is 33.9 Å². The van der Waals surface area contributed by atoms with Crippen molar-refractivity contribution in [3.63, 3.8) is 0 Å². The predicted molar refractivity (Wildman–Crippen MR) is 97.1 cm³/mol. The van der Waals surface area contributed by atoms with Crippen LogP contribution in [0.15, 0.2) is 18.2 Å². The standard InChI is InChI=1S/C18H22N4O5/c1-11-6-3-4-9-18(11)16(24)21(17(25)20-18)10-15(23)19-13-7-5-8-14(12(13)2)22(26)27/h5,7-8,11H,3-4,6,9-10H2,1-2H3,(H,19,23)(H,20,25)/t11-,18-/m1/s1. The summed E-state index contributed by atoms with van der Waals surface area (Å²) in [5.74, 6) is -0.942. The molecule has 4 amide bonds. The minimum absolute atomic E-state index is 0.00905. The molecule has 1 aliphatic carbocycles. The highest BCUT2D eigenvalue weighted by atomic mass is 16.6. The summed E-state index contributed by atoms with van der Waals surface area (Å²) in [6, 6.07) is 3.78. The van der Waals surface area contributed by atoms with Crippen molar-refractivity contribution in [2.24, 2.45) is 5.92 Å². The van der Waals surface area contributed by atoms with Gasteiger partial charge in [0.2, 0.25) is 5.91 Å². The molecular weight excluding hydrogens is 352 g/mol. The van der Waals surface area contributed by atoms with E-state index in [1.54, 1.807) is 0 Å². The smallest absolute Gasteiger partial charge is 0.324 e. The maximum atomic E-state index is 12.9. The van der Waals surface area contributed by atoms with Gasteiger partial charge in [0.1, 0.15) is 12.1 Å². The van der Waals surface area contributed by atoms with Crippen molar-refractivity contribution < 1.29 is 19.3 Å². The molecule has 3 rings (SSSR count). The molecule has 27 heavy (non-hydrogen) atoms. The van der Waals surface area contributed by atoms with Crippen molar-refractivity contribution in [2.45, 2.75) is 45.1 Å². The van der Waals surface area contributed by atoms with Crippen molar-refractivity contribution in [1.82, 2.24) is 10.2 Å². The van der Waals surface area contributed by atoms with E-state index in [2.05, 4.69) is 10.6 Å². The maximum absolute atomic E-state index is 12.9. The second-order valence-electron chi connectivity index (χ2n) is 7.19. The summed E-state index contributed by atoms with van der Waals surface area (Å²) >= 11 is 0. The number of hydrogen-bond acceptors (Lipinski definition) is 5. The lowest BCUT2D eigenvalue weighted by Gasteiger charge is -2.36. The zero-order valence-electron chi connectivity index (χ0n) is 15.3. The van der Waals surface area contributed by atoms with Crippen molar-refractivity contribution in [1.29, 1.82) is 0 Å². The number of rotatable bonds is 4. The fourth-order valence-corrected chi connectivity index (χ4v) is 3.93. The first-order valence-electron chi connectivity index (χ1n) is 8.94. The lowest BCUT2D eigenvalue weighted by atomic mass is 9.73. The van der Waals surface area contributed by atoms with Crippen LogP contribution in [0.3, 0.4) is 0 Å². The molecule has 144 valence electrons. The summed E-state index contributed by atoms with van der Waals surface area (Å²) in [7, 11) is 0. The second-order valence-corrected chi connectivity index (χ2v) is 7.19. The molecule has 2 N–H and O–H groups in total. The highest BCUT2D eigenvalue weighted by Gasteiger charge is 2.55. The lowest BCUT2D eigenvalue weighted by Crippen LogP contribution is -2.54. The van der Waals surface area contributed by atoms with E-state index in [4.69, 9.17) is 0 Å². The van der Waals surface area contributed by atoms with Gasteiger partial charge < -0.3 is 10.6 Å². The molecule has 0 unspecified atom stereocenters. The van der Waals surface area contributed by atoms with Crippen molar-refractivity contribution in [2.75, 3.05) is 11.9 Å². The molecule has 1 aliphatic heterocycles. The number of nitro groups is 1. The number of carbonyl (C=O) groups is 3. The number of imide groups is 1. The molecule has 9 heteroatoms. The van der Waals surface area contributed by atoms with Crippen LogP contribution in [0.1, 0.15) is 38.2 Å². The SMILES string of the molecule is Cc1c(NC(=O)CN2C(=O)N[C@@]3(CCCC[C@H]3C)C2=O)cccc1[N+](=O)[O-]. The maximum Gasteiger partial charge on any atom is 0.325 e. The number of hydrogen-bond donors (Lipinski definition) is 2. The quantitative estimate of drug-likeness (QED) is 0.476. The Balaban J connectivity index is 1.73. The topological polar surface area (TPSA) is 122 Å². The van der Waals surface area contributed by atoms with Crippen LogP contribution in [0.25, 0.3) is 0 Å². The molecule has 0 radical (unpaired) electrons. The number of nitro benzene ring substituents is 1. The molecule has 9 nitrogen and oxygen atoms in total. The van der Waals surface area contributed by atoms with Gasteiger partial charge in [-0.3, -0.25) is 24.6 Å². The zero-order chi connectivity index (χ0) is 19.8. The number of amides is 4. The summed E-state index contributed by atoms with van der Waals surface area (Å²) < 4.78 is 0. The Labute approximate surface area is 156 Å². The molecule has 1 spiro atoms. The minimum Gasteiger partial charge on any atom is -0.324 e. The Morgan fingerprint density at radius 1 is 1.41 bits per heavy atom. The van der Waals surface area contributed by atoms with Crippen LogP contribution < -0.4 is 10.6 Å². The molecule has 2 aliphatic rings. The van der Waals surface area contributed by atoms with Crippen LogP contribution >= 0.6 is 0 Å². The van der Waals surface area contributed by atoms with Gasteiger partial charge in [-0.05, 0) is 31.7 Å². The normalized spacial score (nSPS) is 24.8. The van der Waals surface area contributed by atoms with E-state index in [0.717, 1.165) is 24.2 Å². The number of benzene rings is 1. The van der Waals surface area contributed by atoms with Crippen LogP contribution in [0.2, 0.25) is 0 Å². The van der Waals surface area contributed by atoms with E-state index in [0.29, 0.717) is 12.0 Å². The molecular formula is C18H22N4O5. The first-order valence-corrected chi connectivity index (χ1v) is 8.94. The largest absolute Gasteiger partial charge is 0.325 e. The van der Waals surface area contributed by atoms with Gasteiger partial charge in [-0.25, -0.2) is 4.79 Å². The lowest BCUT2D eigenvalue weighted by molar-refractivity contribution is -0.385. The van der Waals surface area contributed by atoms with E-state index in [-0.39, 0.29) is 23.2 Å². The summed E-state index contributed by atoms with van der Waals surface area (Å²) in [4.78, 5) is 49.0. The van der Waals surface area contributed by atoms with Crippen LogP contribution in [0.4, 0.5) is 16.2 Å². The van der Waals surface area contributed by atoms with Gasteiger partial charge in [0.15, 0.2) is 0 Å². The average Bonchev–Trinajstić information content (AvgIpc) is 2.84. The van der Waals surface area contributed by atoms with Gasteiger partial charge in [-0.15, -0.1) is 0 Å². The summed E-state index contributed by atoms with van der Waals surface area (Å²) in [6.07, 6.45) is 3.28. The predicted octanol–water partition coefficient (Wildman–Crippen LogP) is 2.34. The van der Waals surface area contributed by atoms with Gasteiger partial charge >= 0.3 is 6.03 Å². The highest BCUT2D eigenvalue weighted by molar-refractivity contribution is 6.10. The van der Waals surface area contributed by atoms with Crippen molar-refractivity contribution >= 4 is 29.2 Å². The van der Waals surface area contributed by atoms with Crippen LogP contribution in [-0.4, -0.2) is 39.8 Å². The van der Waals surface area contributed by atoms with Crippen LogP contribution in [-0.2, 0) is 9.59 Å². The Morgan fingerprint density at radius 3 is 2.81 bits per heavy atom. The van der Waals surface area contributed by atoms with Gasteiger partial charge in [-0.2, -0.15) is 0 Å². The fourth-order valence-electron chi connectivity index (χ4n) is 3.93. The van der Waals surface area contributed by atoms with Gasteiger partial charge in [0.25, 0.3) is 11.6 Å². The monoisotopic (exact) mass is 374 g/mol. The third-order valence-corrected chi connectivity index (χ3v) is 5.58. The molecule has 1 heterocycles. The number of anilines is 1. The van der Waals surface area contributed by atoms with E-state index < -0.39 is 28.9 Å². The molecule has 1 saturated carbocycles.